The molecule has 1 atom stereocenters. The van der Waals surface area contributed by atoms with Crippen LogP contribution in [0.5, 0.6) is 11.5 Å². The summed E-state index contributed by atoms with van der Waals surface area (Å²) in [6, 6.07) is 15.1. The van der Waals surface area contributed by atoms with Gasteiger partial charge in [-0.2, -0.15) is 0 Å². The average molecular weight is 253 g/mol. The Morgan fingerprint density at radius 1 is 1.00 bits per heavy atom. The van der Waals surface area contributed by atoms with Crippen molar-refractivity contribution in [3.8, 4) is 11.5 Å². The highest BCUT2D eigenvalue weighted by molar-refractivity contribution is 5.63. The Bertz CT molecular complexity index is 610. The van der Waals surface area contributed by atoms with Crippen LogP contribution in [0.1, 0.15) is 23.6 Å². The van der Waals surface area contributed by atoms with E-state index in [1.54, 1.807) is 0 Å². The fourth-order valence-corrected chi connectivity index (χ4v) is 2.82. The number of nitrogens with one attached hydrogen (secondary N) is 1. The van der Waals surface area contributed by atoms with E-state index in [1.807, 2.05) is 0 Å². The van der Waals surface area contributed by atoms with Crippen molar-refractivity contribution in [2.24, 2.45) is 0 Å². The molecule has 0 spiro atoms. The molecule has 3 nitrogen and oxygen atoms in total. The van der Waals surface area contributed by atoms with E-state index in [4.69, 9.17) is 9.47 Å². The highest BCUT2D eigenvalue weighted by atomic mass is 16.7. The standard InChI is InChI=1S/C16H15NO2/c1-2-4-11(5-3-1)13-7-6-12-8-15-16(19-10-18-15)9-14(12)17-13/h1-5,8-9,13,17H,6-7,10H2/t13-/m0/s1. The third-order valence-corrected chi connectivity index (χ3v) is 3.83. The first-order chi connectivity index (χ1) is 9.40. The molecule has 1 N–H and O–H groups in total. The third kappa shape index (κ3) is 1.82. The third-order valence-electron chi connectivity index (χ3n) is 3.83. The molecule has 19 heavy (non-hydrogen) atoms. The molecule has 0 radical (unpaired) electrons. The minimum atomic E-state index is 0.334. The zero-order valence-corrected chi connectivity index (χ0v) is 10.6. The van der Waals surface area contributed by atoms with Crippen molar-refractivity contribution < 1.29 is 9.47 Å². The molecular weight excluding hydrogens is 238 g/mol. The molecule has 0 bridgehead atoms. The zero-order valence-electron chi connectivity index (χ0n) is 10.6. The van der Waals surface area contributed by atoms with E-state index in [1.165, 1.54) is 16.8 Å². The number of hydrogen-bond donors (Lipinski definition) is 1. The van der Waals surface area contributed by atoms with Gasteiger partial charge in [-0.25, -0.2) is 0 Å². The van der Waals surface area contributed by atoms with Gasteiger partial charge in [-0.1, -0.05) is 30.3 Å². The molecular formula is C16H15NO2. The summed E-state index contributed by atoms with van der Waals surface area (Å²) < 4.78 is 10.9. The summed E-state index contributed by atoms with van der Waals surface area (Å²) >= 11 is 0. The van der Waals surface area contributed by atoms with Gasteiger partial charge in [-0.05, 0) is 30.0 Å². The normalized spacial score (nSPS) is 19.7. The summed E-state index contributed by atoms with van der Waals surface area (Å²) in [5, 5.41) is 3.61. The van der Waals surface area contributed by atoms with Crippen LogP contribution in [0.2, 0.25) is 0 Å². The van der Waals surface area contributed by atoms with Gasteiger partial charge >= 0.3 is 0 Å². The summed E-state index contributed by atoms with van der Waals surface area (Å²) in [4.78, 5) is 0. The van der Waals surface area contributed by atoms with Crippen molar-refractivity contribution in [1.82, 2.24) is 0 Å². The van der Waals surface area contributed by atoms with E-state index in [2.05, 4.69) is 47.8 Å². The lowest BCUT2D eigenvalue weighted by Gasteiger charge is -2.27. The van der Waals surface area contributed by atoms with Crippen LogP contribution >= 0.6 is 0 Å². The maximum absolute atomic E-state index is 5.44. The Labute approximate surface area is 112 Å². The Kier molecular flexibility index (Phi) is 2.37. The predicted octanol–water partition coefficient (Wildman–Crippen LogP) is 3.51. The first-order valence-corrected chi connectivity index (χ1v) is 6.64. The van der Waals surface area contributed by atoms with Crippen molar-refractivity contribution >= 4 is 5.69 Å². The second-order valence-electron chi connectivity index (χ2n) is 5.01. The van der Waals surface area contributed by atoms with Gasteiger partial charge < -0.3 is 14.8 Å². The van der Waals surface area contributed by atoms with Crippen LogP contribution in [0.3, 0.4) is 0 Å². The summed E-state index contributed by atoms with van der Waals surface area (Å²) in [7, 11) is 0. The number of anilines is 1. The van der Waals surface area contributed by atoms with Gasteiger partial charge in [-0.15, -0.1) is 0 Å². The Morgan fingerprint density at radius 2 is 1.79 bits per heavy atom. The largest absolute Gasteiger partial charge is 0.454 e. The number of aryl methyl sites for hydroxylation is 1. The average Bonchev–Trinajstić information content (AvgIpc) is 2.92. The van der Waals surface area contributed by atoms with E-state index in [9.17, 15) is 0 Å². The lowest BCUT2D eigenvalue weighted by molar-refractivity contribution is 0.174. The van der Waals surface area contributed by atoms with Gasteiger partial charge in [0.05, 0.1) is 6.04 Å². The monoisotopic (exact) mass is 253 g/mol. The van der Waals surface area contributed by atoms with Crippen LogP contribution in [0.25, 0.3) is 0 Å². The minimum Gasteiger partial charge on any atom is -0.454 e. The minimum absolute atomic E-state index is 0.334. The zero-order chi connectivity index (χ0) is 12.7. The lowest BCUT2D eigenvalue weighted by atomic mass is 9.93. The van der Waals surface area contributed by atoms with Crippen molar-refractivity contribution in [1.29, 1.82) is 0 Å². The van der Waals surface area contributed by atoms with Crippen molar-refractivity contribution in [2.45, 2.75) is 18.9 Å². The molecule has 0 saturated heterocycles. The maximum Gasteiger partial charge on any atom is 0.231 e. The number of benzene rings is 2. The highest BCUT2D eigenvalue weighted by Crippen LogP contribution is 2.41. The maximum atomic E-state index is 5.44. The van der Waals surface area contributed by atoms with Crippen LogP contribution < -0.4 is 14.8 Å². The van der Waals surface area contributed by atoms with Crippen LogP contribution in [0, 0.1) is 0 Å². The smallest absolute Gasteiger partial charge is 0.231 e. The molecule has 0 saturated carbocycles. The van der Waals surface area contributed by atoms with Crippen LogP contribution in [-0.4, -0.2) is 6.79 Å². The Balaban J connectivity index is 1.67. The topological polar surface area (TPSA) is 30.5 Å². The van der Waals surface area contributed by atoms with Gasteiger partial charge in [0.25, 0.3) is 0 Å². The Morgan fingerprint density at radius 3 is 2.63 bits per heavy atom. The molecule has 2 aliphatic heterocycles. The number of hydrogen-bond acceptors (Lipinski definition) is 3. The Hall–Kier alpha value is -2.16. The molecule has 0 amide bonds. The molecule has 96 valence electrons. The van der Waals surface area contributed by atoms with Crippen molar-refractivity contribution in [3.05, 3.63) is 53.6 Å². The van der Waals surface area contributed by atoms with Crippen molar-refractivity contribution in [2.75, 3.05) is 12.1 Å². The summed E-state index contributed by atoms with van der Waals surface area (Å²) in [6.45, 7) is 0.334. The molecule has 2 aromatic carbocycles. The summed E-state index contributed by atoms with van der Waals surface area (Å²) in [5.74, 6) is 1.72. The van der Waals surface area contributed by atoms with Crippen LogP contribution in [0.4, 0.5) is 5.69 Å². The highest BCUT2D eigenvalue weighted by Gasteiger charge is 2.23. The van der Waals surface area contributed by atoms with E-state index in [0.717, 1.165) is 24.3 Å². The summed E-state index contributed by atoms with van der Waals surface area (Å²) in [5.41, 5.74) is 3.83. The first kappa shape index (κ1) is 10.7. The fourth-order valence-electron chi connectivity index (χ4n) is 2.82. The molecule has 3 heteroatoms. The molecule has 0 aliphatic carbocycles. The number of ether oxygens (including phenoxy) is 2. The van der Waals surface area contributed by atoms with Gasteiger partial charge in [-0.3, -0.25) is 0 Å². The SMILES string of the molecule is c1ccc([C@@H]2CCc3cc4c(cc3N2)OCO4)cc1. The molecule has 2 aromatic rings. The molecule has 4 rings (SSSR count). The van der Waals surface area contributed by atoms with Gasteiger partial charge in [0.2, 0.25) is 6.79 Å². The van der Waals surface area contributed by atoms with Gasteiger partial charge in [0, 0.05) is 11.8 Å². The van der Waals surface area contributed by atoms with Crippen LogP contribution in [-0.2, 0) is 6.42 Å². The van der Waals surface area contributed by atoms with Gasteiger partial charge in [0.1, 0.15) is 0 Å². The van der Waals surface area contributed by atoms with Gasteiger partial charge in [0.15, 0.2) is 11.5 Å². The lowest BCUT2D eigenvalue weighted by Crippen LogP contribution is -2.17. The first-order valence-electron chi connectivity index (χ1n) is 6.64. The summed E-state index contributed by atoms with van der Waals surface area (Å²) in [6.07, 6.45) is 2.18. The van der Waals surface area contributed by atoms with Crippen LogP contribution in [0.15, 0.2) is 42.5 Å². The van der Waals surface area contributed by atoms with E-state index in [-0.39, 0.29) is 0 Å². The van der Waals surface area contributed by atoms with Crippen molar-refractivity contribution in [3.63, 3.8) is 0 Å². The molecule has 2 heterocycles. The second kappa shape index (κ2) is 4.19. The second-order valence-corrected chi connectivity index (χ2v) is 5.01. The fraction of sp³-hybridized carbons (Fsp3) is 0.250. The van der Waals surface area contributed by atoms with E-state index in [0.29, 0.717) is 12.8 Å². The number of fused-ring (bicyclic) bond motifs is 2. The van der Waals surface area contributed by atoms with E-state index < -0.39 is 0 Å². The predicted molar refractivity (Wildman–Crippen MR) is 73.7 cm³/mol. The molecule has 0 unspecified atom stereocenters. The molecule has 0 aromatic heterocycles. The molecule has 0 fully saturated rings. The van der Waals surface area contributed by atoms with E-state index >= 15 is 0 Å². The molecule has 2 aliphatic rings. The number of rotatable bonds is 1. The quantitative estimate of drug-likeness (QED) is 0.843.